The molecule has 3 nitrogen and oxygen atoms in total. The highest BCUT2D eigenvalue weighted by Crippen LogP contribution is 2.12. The average Bonchev–Trinajstić information content (AvgIpc) is 1.86. The lowest BCUT2D eigenvalue weighted by atomic mass is 9.57. The molecule has 0 rings (SSSR count). The number of carbonyl (C=O) groups is 1. The van der Waals surface area contributed by atoms with Crippen molar-refractivity contribution in [2.75, 3.05) is 7.11 Å². The van der Waals surface area contributed by atoms with Crippen LogP contribution in [-0.4, -0.2) is 20.4 Å². The van der Waals surface area contributed by atoms with Gasteiger partial charge in [-0.25, -0.2) is 4.79 Å². The van der Waals surface area contributed by atoms with Gasteiger partial charge in [0.15, 0.2) is 0 Å². The molecule has 0 aromatic carbocycles. The summed E-state index contributed by atoms with van der Waals surface area (Å²) >= 11 is 0. The number of hydrogen-bond donors (Lipinski definition) is 0. The molecule has 0 bridgehead atoms. The first-order chi connectivity index (χ1) is 5.07. The van der Waals surface area contributed by atoms with E-state index in [2.05, 4.69) is 23.6 Å². The maximum absolute atomic E-state index is 10.9. The molecule has 11 heavy (non-hydrogen) atoms. The molecule has 0 aliphatic heterocycles. The van der Waals surface area contributed by atoms with Crippen molar-refractivity contribution in [2.45, 2.75) is 32.4 Å². The molecular weight excluding hydrogens is 143 g/mol. The van der Waals surface area contributed by atoms with Crippen LogP contribution in [-0.2, 0) is 14.6 Å². The molecule has 0 saturated heterocycles. The zero-order chi connectivity index (χ0) is 8.85. The van der Waals surface area contributed by atoms with E-state index < -0.39 is 0 Å². The fraction of sp³-hybridized carbons (Fsp3) is 0.857. The normalized spacial score (nSPS) is 12.8. The minimum absolute atomic E-state index is 0.0741. The van der Waals surface area contributed by atoms with Crippen LogP contribution in [0.25, 0.3) is 0 Å². The van der Waals surface area contributed by atoms with Crippen LogP contribution in [0.3, 0.4) is 0 Å². The van der Waals surface area contributed by atoms with Gasteiger partial charge < -0.3 is 0 Å². The van der Waals surface area contributed by atoms with Crippen molar-refractivity contribution in [1.82, 2.24) is 0 Å². The fourth-order valence-electron chi connectivity index (χ4n) is 0.968. The molecule has 4 heteroatoms. The Kier molecular flexibility index (Phi) is 4.95. The molecule has 64 valence electrons. The molecule has 0 amide bonds. The van der Waals surface area contributed by atoms with Crippen LogP contribution in [0.5, 0.6) is 0 Å². The predicted octanol–water partition coefficient (Wildman–Crippen LogP) is 1.16. The van der Waals surface area contributed by atoms with Gasteiger partial charge >= 0.3 is 5.97 Å². The molecule has 0 aliphatic rings. The predicted molar refractivity (Wildman–Crippen MR) is 44.8 cm³/mol. The van der Waals surface area contributed by atoms with Crippen molar-refractivity contribution in [1.29, 1.82) is 0 Å². The average molecular weight is 158 g/mol. The first kappa shape index (κ1) is 10.5. The molecule has 0 N–H and O–H groups in total. The van der Waals surface area contributed by atoms with Crippen molar-refractivity contribution in [3.05, 3.63) is 0 Å². The summed E-state index contributed by atoms with van der Waals surface area (Å²) < 4.78 is 0. The highest BCUT2D eigenvalue weighted by atomic mass is 17.2. The highest BCUT2D eigenvalue weighted by molar-refractivity contribution is 6.44. The van der Waals surface area contributed by atoms with Gasteiger partial charge in [0, 0.05) is 5.82 Å². The third kappa shape index (κ3) is 4.84. The first-order valence-electron chi connectivity index (χ1n) is 3.82. The summed E-state index contributed by atoms with van der Waals surface area (Å²) in [6.07, 6.45) is 0. The van der Waals surface area contributed by atoms with Crippen molar-refractivity contribution in [2.24, 2.45) is 0 Å². The molecule has 0 heterocycles. The standard InChI is InChI=1S/C7H15BO3/c1-5(2)8-6(3)7(9)11-10-4/h5-6,8H,1-4H3. The van der Waals surface area contributed by atoms with Crippen LogP contribution in [0.2, 0.25) is 11.6 Å². The summed E-state index contributed by atoms with van der Waals surface area (Å²) in [5.74, 6) is 0.144. The third-order valence-corrected chi connectivity index (χ3v) is 1.39. The number of carbonyl (C=O) groups excluding carboxylic acids is 1. The van der Waals surface area contributed by atoms with Crippen LogP contribution in [0.4, 0.5) is 0 Å². The van der Waals surface area contributed by atoms with Crippen molar-refractivity contribution in [3.63, 3.8) is 0 Å². The molecule has 0 aromatic rings. The largest absolute Gasteiger partial charge is 0.337 e. The SMILES string of the molecule is COOC(=O)C(C)BC(C)C. The van der Waals surface area contributed by atoms with E-state index in [1.54, 1.807) is 0 Å². The van der Waals surface area contributed by atoms with Gasteiger partial charge in [0.05, 0.1) is 7.11 Å². The van der Waals surface area contributed by atoms with Gasteiger partial charge in [-0.2, -0.15) is 4.89 Å². The maximum atomic E-state index is 10.9. The zero-order valence-corrected chi connectivity index (χ0v) is 7.59. The van der Waals surface area contributed by atoms with Crippen LogP contribution in [0.15, 0.2) is 0 Å². The van der Waals surface area contributed by atoms with Crippen LogP contribution in [0.1, 0.15) is 20.8 Å². The van der Waals surface area contributed by atoms with E-state index in [0.29, 0.717) is 5.82 Å². The minimum atomic E-state index is -0.291. The summed E-state index contributed by atoms with van der Waals surface area (Å²) in [5, 5.41) is 0. The Balaban J connectivity index is 3.64. The number of rotatable bonds is 4. The second-order valence-electron chi connectivity index (χ2n) is 3.10. The van der Waals surface area contributed by atoms with E-state index in [9.17, 15) is 4.79 Å². The lowest BCUT2D eigenvalue weighted by molar-refractivity contribution is -0.254. The Morgan fingerprint density at radius 2 is 1.91 bits per heavy atom. The van der Waals surface area contributed by atoms with E-state index in [4.69, 9.17) is 0 Å². The minimum Gasteiger partial charge on any atom is -0.299 e. The quantitative estimate of drug-likeness (QED) is 0.350. The molecule has 0 aliphatic carbocycles. The van der Waals surface area contributed by atoms with Gasteiger partial charge in [-0.05, 0) is 0 Å². The molecule has 0 saturated carbocycles. The molecule has 0 spiro atoms. The van der Waals surface area contributed by atoms with Gasteiger partial charge in [-0.1, -0.05) is 26.6 Å². The molecule has 0 fully saturated rings. The Hall–Kier alpha value is -0.505. The molecular formula is C7H15BO3. The second-order valence-corrected chi connectivity index (χ2v) is 3.10. The van der Waals surface area contributed by atoms with Crippen molar-refractivity contribution >= 4 is 13.2 Å². The van der Waals surface area contributed by atoms with Gasteiger partial charge in [0.1, 0.15) is 7.28 Å². The van der Waals surface area contributed by atoms with E-state index in [0.717, 1.165) is 7.28 Å². The Morgan fingerprint density at radius 1 is 1.36 bits per heavy atom. The van der Waals surface area contributed by atoms with Crippen molar-refractivity contribution < 1.29 is 14.6 Å². The molecule has 1 atom stereocenters. The smallest absolute Gasteiger partial charge is 0.299 e. The summed E-state index contributed by atoms with van der Waals surface area (Å²) in [6.45, 7) is 5.97. The zero-order valence-electron chi connectivity index (χ0n) is 7.59. The summed E-state index contributed by atoms with van der Waals surface area (Å²) in [5.41, 5.74) is 0. The van der Waals surface area contributed by atoms with Gasteiger partial charge in [-0.15, -0.1) is 0 Å². The van der Waals surface area contributed by atoms with Gasteiger partial charge in [0.25, 0.3) is 0 Å². The second kappa shape index (κ2) is 5.19. The Labute approximate surface area is 68.2 Å². The van der Waals surface area contributed by atoms with Crippen molar-refractivity contribution in [3.8, 4) is 0 Å². The molecule has 0 radical (unpaired) electrons. The van der Waals surface area contributed by atoms with Crippen LogP contribution in [0, 0.1) is 0 Å². The fourth-order valence-corrected chi connectivity index (χ4v) is 0.968. The Bertz CT molecular complexity index is 125. The lowest BCUT2D eigenvalue weighted by Crippen LogP contribution is -2.16. The summed E-state index contributed by atoms with van der Waals surface area (Å²) in [6, 6.07) is 0. The molecule has 0 aromatic heterocycles. The monoisotopic (exact) mass is 158 g/mol. The summed E-state index contributed by atoms with van der Waals surface area (Å²) in [4.78, 5) is 19.6. The Morgan fingerprint density at radius 3 is 2.27 bits per heavy atom. The van der Waals surface area contributed by atoms with E-state index in [-0.39, 0.29) is 11.8 Å². The summed E-state index contributed by atoms with van der Waals surface area (Å²) in [7, 11) is 2.17. The highest BCUT2D eigenvalue weighted by Gasteiger charge is 2.17. The van der Waals surface area contributed by atoms with E-state index in [1.807, 2.05) is 6.92 Å². The van der Waals surface area contributed by atoms with Gasteiger partial charge in [0.2, 0.25) is 0 Å². The number of hydrogen-bond acceptors (Lipinski definition) is 3. The lowest BCUT2D eigenvalue weighted by Gasteiger charge is -2.08. The maximum Gasteiger partial charge on any atom is 0.337 e. The topological polar surface area (TPSA) is 35.5 Å². The van der Waals surface area contributed by atoms with Crippen LogP contribution < -0.4 is 0 Å². The van der Waals surface area contributed by atoms with E-state index in [1.165, 1.54) is 7.11 Å². The third-order valence-electron chi connectivity index (χ3n) is 1.39. The van der Waals surface area contributed by atoms with Gasteiger partial charge in [-0.3, -0.25) is 4.89 Å². The first-order valence-corrected chi connectivity index (χ1v) is 3.82. The van der Waals surface area contributed by atoms with E-state index >= 15 is 0 Å². The molecule has 1 unspecified atom stereocenters. The van der Waals surface area contributed by atoms with Crippen LogP contribution >= 0.6 is 0 Å².